The first-order chi connectivity index (χ1) is 9.65. The van der Waals surface area contributed by atoms with Crippen molar-refractivity contribution in [2.24, 2.45) is 10.1 Å². The molecule has 0 unspecified atom stereocenters. The molecule has 21 heavy (non-hydrogen) atoms. The Bertz CT molecular complexity index is 485. The molecule has 1 heterocycles. The van der Waals surface area contributed by atoms with Gasteiger partial charge in [0, 0.05) is 27.1 Å². The van der Waals surface area contributed by atoms with Crippen LogP contribution in [0.2, 0.25) is 0 Å². The Morgan fingerprint density at radius 2 is 2.19 bits per heavy atom. The molecule has 1 aliphatic rings. The number of aliphatic imine (C=N–C) groups is 1. The van der Waals surface area contributed by atoms with Gasteiger partial charge in [-0.3, -0.25) is 19.6 Å². The first-order valence-corrected chi connectivity index (χ1v) is 6.08. The van der Waals surface area contributed by atoms with Crippen LogP contribution in [-0.2, 0) is 9.63 Å². The standard InChI is InChI=1S/C12H17F3N4O2/c1-8-9(16-6-5-12(13,14)15)7-10(17-18(8)2)11(20)19(3)21-4/h1,5-7H2,2-4H3. The Balaban J connectivity index is 2.85. The second-order valence-corrected chi connectivity index (χ2v) is 4.37. The first kappa shape index (κ1) is 17.2. The summed E-state index contributed by atoms with van der Waals surface area (Å²) in [5.74, 6) is -0.486. The third-order valence-electron chi connectivity index (χ3n) is 2.83. The number of hydrazone groups is 1. The number of hydrogen-bond donors (Lipinski definition) is 0. The van der Waals surface area contributed by atoms with Crippen LogP contribution in [-0.4, -0.2) is 61.3 Å². The molecule has 1 amide bonds. The van der Waals surface area contributed by atoms with E-state index in [9.17, 15) is 18.0 Å². The number of halogens is 3. The van der Waals surface area contributed by atoms with Crippen molar-refractivity contribution < 1.29 is 22.8 Å². The van der Waals surface area contributed by atoms with Crippen LogP contribution in [0.15, 0.2) is 22.4 Å². The lowest BCUT2D eigenvalue weighted by Gasteiger charge is -2.26. The van der Waals surface area contributed by atoms with Crippen LogP contribution < -0.4 is 0 Å². The van der Waals surface area contributed by atoms with Gasteiger partial charge in [-0.2, -0.15) is 18.3 Å². The molecule has 0 bridgehead atoms. The van der Waals surface area contributed by atoms with Crippen LogP contribution >= 0.6 is 0 Å². The normalized spacial score (nSPS) is 18.0. The van der Waals surface area contributed by atoms with Crippen molar-refractivity contribution >= 4 is 17.3 Å². The zero-order valence-electron chi connectivity index (χ0n) is 12.1. The molecule has 0 spiro atoms. The number of alkyl halides is 3. The summed E-state index contributed by atoms with van der Waals surface area (Å²) >= 11 is 0. The van der Waals surface area contributed by atoms with Crippen molar-refractivity contribution in [3.63, 3.8) is 0 Å². The van der Waals surface area contributed by atoms with Gasteiger partial charge in [-0.15, -0.1) is 0 Å². The van der Waals surface area contributed by atoms with E-state index in [2.05, 4.69) is 16.7 Å². The second kappa shape index (κ2) is 6.70. The van der Waals surface area contributed by atoms with E-state index in [1.165, 1.54) is 19.2 Å². The smallest absolute Gasteiger partial charge is 0.287 e. The summed E-state index contributed by atoms with van der Waals surface area (Å²) in [7, 11) is 4.28. The number of nitrogens with zero attached hydrogens (tertiary/aromatic N) is 4. The molecule has 118 valence electrons. The van der Waals surface area contributed by atoms with Gasteiger partial charge in [0.2, 0.25) is 0 Å². The molecule has 1 aliphatic heterocycles. The number of allylic oxidation sites excluding steroid dienone is 1. The summed E-state index contributed by atoms with van der Waals surface area (Å²) in [4.78, 5) is 20.6. The summed E-state index contributed by atoms with van der Waals surface area (Å²) in [6, 6.07) is 0. The van der Waals surface area contributed by atoms with Gasteiger partial charge in [-0.1, -0.05) is 6.58 Å². The monoisotopic (exact) mass is 306 g/mol. The highest BCUT2D eigenvalue weighted by Gasteiger charge is 2.28. The summed E-state index contributed by atoms with van der Waals surface area (Å²) in [6.07, 6.45) is -5.27. The van der Waals surface area contributed by atoms with Gasteiger partial charge in [0.1, 0.15) is 5.71 Å². The molecule has 0 saturated heterocycles. The average molecular weight is 306 g/mol. The van der Waals surface area contributed by atoms with Crippen LogP contribution in [0, 0.1) is 0 Å². The van der Waals surface area contributed by atoms with Crippen molar-refractivity contribution in [3.8, 4) is 0 Å². The number of carbonyl (C=O) groups is 1. The molecule has 6 nitrogen and oxygen atoms in total. The zero-order chi connectivity index (χ0) is 16.2. The minimum absolute atomic E-state index is 0.0214. The number of hydroxylamine groups is 2. The lowest BCUT2D eigenvalue weighted by molar-refractivity contribution is -0.160. The van der Waals surface area contributed by atoms with E-state index in [0.29, 0.717) is 11.4 Å². The molecule has 0 N–H and O–H groups in total. The average Bonchev–Trinajstić information content (AvgIpc) is 2.40. The maximum Gasteiger partial charge on any atom is 0.390 e. The van der Waals surface area contributed by atoms with Crippen LogP contribution in [0.25, 0.3) is 0 Å². The van der Waals surface area contributed by atoms with E-state index in [4.69, 9.17) is 4.84 Å². The largest absolute Gasteiger partial charge is 0.390 e. The second-order valence-electron chi connectivity index (χ2n) is 4.37. The van der Waals surface area contributed by atoms with Gasteiger partial charge in [0.15, 0.2) is 0 Å². The lowest BCUT2D eigenvalue weighted by Crippen LogP contribution is -2.38. The van der Waals surface area contributed by atoms with Gasteiger partial charge >= 0.3 is 6.18 Å². The molecule has 0 radical (unpaired) electrons. The topological polar surface area (TPSA) is 57.5 Å². The number of hydrogen-bond acceptors (Lipinski definition) is 5. The molecule has 0 saturated carbocycles. The predicted molar refractivity (Wildman–Crippen MR) is 71.7 cm³/mol. The molecule has 0 fully saturated rings. The summed E-state index contributed by atoms with van der Waals surface area (Å²) in [5.41, 5.74) is 0.804. The highest BCUT2D eigenvalue weighted by Crippen LogP contribution is 2.20. The molecule has 0 aromatic rings. The van der Waals surface area contributed by atoms with Crippen LogP contribution in [0.1, 0.15) is 12.8 Å². The van der Waals surface area contributed by atoms with Crippen LogP contribution in [0.4, 0.5) is 13.2 Å². The summed E-state index contributed by atoms with van der Waals surface area (Å²) in [5, 5.41) is 6.31. The molecule has 1 rings (SSSR count). The molecular weight excluding hydrogens is 289 g/mol. The van der Waals surface area contributed by atoms with E-state index < -0.39 is 25.0 Å². The molecule has 0 aromatic heterocycles. The quantitative estimate of drug-likeness (QED) is 0.741. The molecular formula is C12H17F3N4O2. The minimum Gasteiger partial charge on any atom is -0.287 e. The SMILES string of the molecule is C=C1C(=NCCC(F)(F)F)CC(C(=O)N(C)OC)=NN1C. The van der Waals surface area contributed by atoms with Crippen LogP contribution in [0.3, 0.4) is 0 Å². The van der Waals surface area contributed by atoms with E-state index >= 15 is 0 Å². The van der Waals surface area contributed by atoms with Crippen molar-refractivity contribution in [1.29, 1.82) is 0 Å². The van der Waals surface area contributed by atoms with E-state index in [0.717, 1.165) is 5.06 Å². The summed E-state index contributed by atoms with van der Waals surface area (Å²) < 4.78 is 36.4. The molecule has 0 aliphatic carbocycles. The Hall–Kier alpha value is -1.90. The molecule has 0 aromatic carbocycles. The fourth-order valence-electron chi connectivity index (χ4n) is 1.57. The number of amides is 1. The minimum atomic E-state index is -4.27. The van der Waals surface area contributed by atoms with Gasteiger partial charge in [0.25, 0.3) is 5.91 Å². The highest BCUT2D eigenvalue weighted by molar-refractivity contribution is 6.43. The maximum atomic E-state index is 12.1. The van der Waals surface area contributed by atoms with Crippen molar-refractivity contribution in [2.45, 2.75) is 19.0 Å². The van der Waals surface area contributed by atoms with Crippen LogP contribution in [0.5, 0.6) is 0 Å². The van der Waals surface area contributed by atoms with Gasteiger partial charge < -0.3 is 0 Å². The molecule has 0 atom stereocenters. The Kier molecular flexibility index (Phi) is 5.47. The molecule has 9 heteroatoms. The summed E-state index contributed by atoms with van der Waals surface area (Å²) in [6.45, 7) is 3.29. The van der Waals surface area contributed by atoms with Gasteiger partial charge in [-0.05, 0) is 0 Å². The van der Waals surface area contributed by atoms with E-state index in [1.54, 1.807) is 7.05 Å². The number of rotatable bonds is 4. The Morgan fingerprint density at radius 3 is 2.71 bits per heavy atom. The lowest BCUT2D eigenvalue weighted by atomic mass is 10.1. The van der Waals surface area contributed by atoms with E-state index in [1.807, 2.05) is 0 Å². The van der Waals surface area contributed by atoms with E-state index in [-0.39, 0.29) is 12.1 Å². The third-order valence-corrected chi connectivity index (χ3v) is 2.83. The van der Waals surface area contributed by atoms with Crippen molar-refractivity contribution in [1.82, 2.24) is 10.1 Å². The van der Waals surface area contributed by atoms with Crippen molar-refractivity contribution in [3.05, 3.63) is 12.3 Å². The highest BCUT2D eigenvalue weighted by atomic mass is 19.4. The van der Waals surface area contributed by atoms with Gasteiger partial charge in [-0.25, -0.2) is 5.06 Å². The zero-order valence-corrected chi connectivity index (χ0v) is 12.1. The fourth-order valence-corrected chi connectivity index (χ4v) is 1.57. The fraction of sp³-hybridized carbons (Fsp3) is 0.583. The Labute approximate surface area is 120 Å². The third kappa shape index (κ3) is 4.85. The maximum absolute atomic E-state index is 12.1. The number of carbonyl (C=O) groups excluding carboxylic acids is 1. The Morgan fingerprint density at radius 1 is 1.57 bits per heavy atom. The van der Waals surface area contributed by atoms with Gasteiger partial charge in [0.05, 0.1) is 24.9 Å². The predicted octanol–water partition coefficient (Wildman–Crippen LogP) is 1.60. The first-order valence-electron chi connectivity index (χ1n) is 6.08. The van der Waals surface area contributed by atoms with Crippen molar-refractivity contribution in [2.75, 3.05) is 27.7 Å².